The van der Waals surface area contributed by atoms with Gasteiger partial charge < -0.3 is 0 Å². The molecule has 0 aliphatic carbocycles. The number of nitrogens with one attached hydrogen (secondary N) is 1. The maximum atomic E-state index is 13.4. The molecule has 0 aromatic heterocycles. The minimum Gasteiger partial charge on any atom is -0.207 e. The summed E-state index contributed by atoms with van der Waals surface area (Å²) in [7, 11) is -3.33. The van der Waals surface area contributed by atoms with Crippen molar-refractivity contribution in [3.05, 3.63) is 34.1 Å². The molecule has 0 atom stereocenters. The average molecular weight is 323 g/mol. The molecule has 0 unspecified atom stereocenters. The van der Waals surface area contributed by atoms with E-state index in [4.69, 9.17) is 0 Å². The topological polar surface area (TPSA) is 49.2 Å². The Balaban J connectivity index is 1.91. The van der Waals surface area contributed by atoms with Gasteiger partial charge in [-0.2, -0.15) is 12.7 Å². The highest BCUT2D eigenvalue weighted by Gasteiger charge is 2.30. The first-order valence-electron chi connectivity index (χ1n) is 5.18. The van der Waals surface area contributed by atoms with Crippen LogP contribution in [0.15, 0.2) is 22.7 Å². The molecule has 2 rings (SSSR count). The fourth-order valence-corrected chi connectivity index (χ4v) is 2.94. The molecule has 0 bridgehead atoms. The van der Waals surface area contributed by atoms with Gasteiger partial charge in [0.15, 0.2) is 0 Å². The number of benzene rings is 1. The van der Waals surface area contributed by atoms with Crippen LogP contribution in [0.2, 0.25) is 0 Å². The van der Waals surface area contributed by atoms with Crippen molar-refractivity contribution in [1.29, 1.82) is 0 Å². The lowest BCUT2D eigenvalue weighted by atomic mass is 10.1. The van der Waals surface area contributed by atoms with Gasteiger partial charge in [0, 0.05) is 24.1 Å². The Morgan fingerprint density at radius 3 is 2.76 bits per heavy atom. The minimum atomic E-state index is -3.33. The van der Waals surface area contributed by atoms with Crippen LogP contribution in [0.1, 0.15) is 5.56 Å². The van der Waals surface area contributed by atoms with Crippen LogP contribution in [0, 0.1) is 5.82 Å². The van der Waals surface area contributed by atoms with Crippen LogP contribution in [0.4, 0.5) is 4.39 Å². The van der Waals surface area contributed by atoms with Crippen molar-refractivity contribution in [2.24, 2.45) is 0 Å². The van der Waals surface area contributed by atoms with Gasteiger partial charge in [0.05, 0.1) is 0 Å². The zero-order valence-corrected chi connectivity index (χ0v) is 11.4. The summed E-state index contributed by atoms with van der Waals surface area (Å²) in [6.45, 7) is 1.34. The molecule has 7 heteroatoms. The first-order chi connectivity index (χ1) is 7.99. The summed E-state index contributed by atoms with van der Waals surface area (Å²) in [5.41, 5.74) is 0.493. The van der Waals surface area contributed by atoms with Crippen molar-refractivity contribution in [1.82, 2.24) is 9.03 Å². The van der Waals surface area contributed by atoms with E-state index < -0.39 is 10.2 Å². The second-order valence-corrected chi connectivity index (χ2v) is 6.46. The number of rotatable bonds is 5. The van der Waals surface area contributed by atoms with Gasteiger partial charge in [-0.25, -0.2) is 9.11 Å². The summed E-state index contributed by atoms with van der Waals surface area (Å²) in [4.78, 5) is 0. The Kier molecular flexibility index (Phi) is 3.82. The van der Waals surface area contributed by atoms with Crippen LogP contribution in [0.3, 0.4) is 0 Å². The number of nitrogens with zero attached hydrogens (tertiary/aromatic N) is 1. The van der Waals surface area contributed by atoms with Gasteiger partial charge in [-0.05, 0) is 30.2 Å². The molecule has 0 radical (unpaired) electrons. The summed E-state index contributed by atoms with van der Waals surface area (Å²) in [6.07, 6.45) is 0.332. The number of hydrogen-bond donors (Lipinski definition) is 1. The van der Waals surface area contributed by atoms with Gasteiger partial charge in [-0.1, -0.05) is 15.9 Å². The van der Waals surface area contributed by atoms with Crippen LogP contribution in [0.5, 0.6) is 0 Å². The smallest absolute Gasteiger partial charge is 0.207 e. The fraction of sp³-hybridized carbons (Fsp3) is 0.400. The van der Waals surface area contributed by atoms with Crippen LogP contribution < -0.4 is 4.72 Å². The molecule has 1 saturated heterocycles. The summed E-state index contributed by atoms with van der Waals surface area (Å²) >= 11 is 3.25. The van der Waals surface area contributed by atoms with Gasteiger partial charge >= 0.3 is 0 Å². The van der Waals surface area contributed by atoms with Crippen molar-refractivity contribution in [3.8, 4) is 0 Å². The lowest BCUT2D eigenvalue weighted by Gasteiger charge is -2.07. The van der Waals surface area contributed by atoms with E-state index in [0.717, 1.165) is 4.47 Å². The van der Waals surface area contributed by atoms with Crippen molar-refractivity contribution in [2.75, 3.05) is 19.6 Å². The Labute approximate surface area is 108 Å². The standard InChI is InChI=1S/C10H12BrFN2O2S/c11-9-1-2-10(12)8(7-9)3-4-13-17(15,16)14-5-6-14/h1-2,7,13H,3-6H2. The number of halogens is 2. The predicted octanol–water partition coefficient (Wildman–Crippen LogP) is 1.28. The van der Waals surface area contributed by atoms with E-state index in [1.807, 2.05) is 0 Å². The SMILES string of the molecule is O=S(=O)(NCCc1cc(Br)ccc1F)N1CC1. The van der Waals surface area contributed by atoms with E-state index in [2.05, 4.69) is 20.7 Å². The Hall–Kier alpha value is -0.500. The highest BCUT2D eigenvalue weighted by molar-refractivity contribution is 9.10. The third-order valence-corrected chi connectivity index (χ3v) is 4.54. The molecule has 1 aliphatic heterocycles. The quantitative estimate of drug-likeness (QED) is 0.830. The number of hydrogen-bond acceptors (Lipinski definition) is 2. The molecule has 4 nitrogen and oxygen atoms in total. The first-order valence-corrected chi connectivity index (χ1v) is 7.41. The van der Waals surface area contributed by atoms with Crippen molar-refractivity contribution < 1.29 is 12.8 Å². The normalized spacial score (nSPS) is 16.1. The summed E-state index contributed by atoms with van der Waals surface area (Å²) in [6, 6.07) is 4.62. The van der Waals surface area contributed by atoms with Gasteiger partial charge in [-0.3, -0.25) is 0 Å². The molecule has 17 heavy (non-hydrogen) atoms. The predicted molar refractivity (Wildman–Crippen MR) is 66.3 cm³/mol. The molecule has 94 valence electrons. The molecule has 0 amide bonds. The van der Waals surface area contributed by atoms with E-state index >= 15 is 0 Å². The first kappa shape index (κ1) is 12.9. The highest BCUT2D eigenvalue weighted by Crippen LogP contribution is 2.16. The van der Waals surface area contributed by atoms with Gasteiger partial charge in [0.1, 0.15) is 5.82 Å². The molecule has 1 aromatic rings. The Bertz CT molecular complexity index is 517. The lowest BCUT2D eigenvalue weighted by molar-refractivity contribution is 0.545. The molecule has 1 aliphatic rings. The third-order valence-electron chi connectivity index (χ3n) is 2.43. The monoisotopic (exact) mass is 322 g/mol. The molecule has 0 saturated carbocycles. The average Bonchev–Trinajstić information content (AvgIpc) is 3.06. The van der Waals surface area contributed by atoms with Crippen LogP contribution in [0.25, 0.3) is 0 Å². The van der Waals surface area contributed by atoms with Crippen LogP contribution >= 0.6 is 15.9 Å². The maximum Gasteiger partial charge on any atom is 0.279 e. The van der Waals surface area contributed by atoms with Gasteiger partial charge in [0.25, 0.3) is 10.2 Å². The summed E-state index contributed by atoms with van der Waals surface area (Å²) in [5.74, 6) is -0.320. The van der Waals surface area contributed by atoms with Crippen molar-refractivity contribution >= 4 is 26.1 Å². The van der Waals surface area contributed by atoms with Gasteiger partial charge in [0.2, 0.25) is 0 Å². The zero-order chi connectivity index (χ0) is 12.5. The molecule has 1 N–H and O–H groups in total. The molecular formula is C10H12BrFN2O2S. The van der Waals surface area contributed by atoms with Crippen molar-refractivity contribution in [2.45, 2.75) is 6.42 Å². The minimum absolute atomic E-state index is 0.201. The van der Waals surface area contributed by atoms with E-state index in [1.54, 1.807) is 12.1 Å². The second-order valence-electron chi connectivity index (χ2n) is 3.78. The summed E-state index contributed by atoms with van der Waals surface area (Å²) < 4.78 is 40.8. The lowest BCUT2D eigenvalue weighted by Crippen LogP contribution is -2.31. The highest BCUT2D eigenvalue weighted by atomic mass is 79.9. The summed E-state index contributed by atoms with van der Waals surface area (Å²) in [5, 5.41) is 0. The second kappa shape index (κ2) is 5.01. The Morgan fingerprint density at radius 2 is 2.12 bits per heavy atom. The molecule has 1 heterocycles. The molecule has 1 aromatic carbocycles. The van der Waals surface area contributed by atoms with Crippen LogP contribution in [-0.4, -0.2) is 32.4 Å². The molecular weight excluding hydrogens is 311 g/mol. The fourth-order valence-electron chi connectivity index (χ4n) is 1.42. The van der Waals surface area contributed by atoms with E-state index in [0.29, 0.717) is 25.1 Å². The van der Waals surface area contributed by atoms with Gasteiger partial charge in [-0.15, -0.1) is 0 Å². The van der Waals surface area contributed by atoms with E-state index in [9.17, 15) is 12.8 Å². The van der Waals surface area contributed by atoms with E-state index in [-0.39, 0.29) is 12.4 Å². The molecule has 1 fully saturated rings. The Morgan fingerprint density at radius 1 is 1.41 bits per heavy atom. The molecule has 0 spiro atoms. The zero-order valence-electron chi connectivity index (χ0n) is 8.99. The third kappa shape index (κ3) is 3.48. The largest absolute Gasteiger partial charge is 0.279 e. The van der Waals surface area contributed by atoms with Crippen molar-refractivity contribution in [3.63, 3.8) is 0 Å². The maximum absolute atomic E-state index is 13.4. The van der Waals surface area contributed by atoms with E-state index in [1.165, 1.54) is 10.4 Å². The van der Waals surface area contributed by atoms with Crippen LogP contribution in [-0.2, 0) is 16.6 Å².